The largest absolute Gasteiger partial charge is 0.349 e. The molecule has 1 saturated heterocycles. The van der Waals surface area contributed by atoms with Gasteiger partial charge < -0.3 is 15.1 Å². The number of hydrogen-bond donors (Lipinski definition) is 1. The lowest BCUT2D eigenvalue weighted by atomic mass is 10.0. The molecule has 2 aliphatic rings. The summed E-state index contributed by atoms with van der Waals surface area (Å²) in [5.74, 6) is 0. The van der Waals surface area contributed by atoms with Gasteiger partial charge in [-0.1, -0.05) is 25.0 Å². The van der Waals surface area contributed by atoms with E-state index in [-0.39, 0.29) is 0 Å². The average molecular weight is 346 g/mol. The van der Waals surface area contributed by atoms with Crippen molar-refractivity contribution in [2.45, 2.75) is 64.5 Å². The third-order valence-electron chi connectivity index (χ3n) is 5.86. The van der Waals surface area contributed by atoms with E-state index in [1.54, 1.807) is 0 Å². The first-order chi connectivity index (χ1) is 11.5. The number of anilines is 1. The van der Waals surface area contributed by atoms with E-state index in [1.165, 1.54) is 49.7 Å². The van der Waals surface area contributed by atoms with Crippen LogP contribution in [-0.2, 0) is 0 Å². The molecular weight excluding hydrogens is 314 g/mol. The van der Waals surface area contributed by atoms with Gasteiger partial charge in [0.2, 0.25) is 0 Å². The molecule has 1 N–H and O–H groups in total. The fourth-order valence-corrected chi connectivity index (χ4v) is 4.44. The van der Waals surface area contributed by atoms with Crippen LogP contribution in [0, 0.1) is 13.8 Å². The van der Waals surface area contributed by atoms with E-state index in [9.17, 15) is 0 Å². The molecular formula is C20H31N3S. The molecule has 3 nitrogen and oxygen atoms in total. The first kappa shape index (κ1) is 17.7. The quantitative estimate of drug-likeness (QED) is 0.821. The highest BCUT2D eigenvalue weighted by molar-refractivity contribution is 7.80. The van der Waals surface area contributed by atoms with Gasteiger partial charge in [-0.2, -0.15) is 0 Å². The highest BCUT2D eigenvalue weighted by Gasteiger charge is 2.29. The second-order valence-corrected chi connectivity index (χ2v) is 7.96. The molecule has 24 heavy (non-hydrogen) atoms. The topological polar surface area (TPSA) is 18.5 Å². The summed E-state index contributed by atoms with van der Waals surface area (Å²) in [6.07, 6.45) is 8.06. The molecule has 1 aromatic rings. The maximum Gasteiger partial charge on any atom is 0.173 e. The number of aryl methyl sites for hydroxylation is 2. The Morgan fingerprint density at radius 3 is 2.38 bits per heavy atom. The standard InChI is InChI=1S/C20H31N3S/c1-15-8-9-16(2)19(14-15)21-20(24)23-12-10-18(11-13-23)22(3)17-6-4-5-7-17/h8-9,14,17-18H,4-7,10-13H2,1-3H3,(H,21,24). The van der Waals surface area contributed by atoms with Gasteiger partial charge in [0.25, 0.3) is 0 Å². The summed E-state index contributed by atoms with van der Waals surface area (Å²) in [5, 5.41) is 4.34. The smallest absolute Gasteiger partial charge is 0.173 e. The Labute approximate surface area is 152 Å². The number of rotatable bonds is 3. The third-order valence-corrected chi connectivity index (χ3v) is 6.22. The average Bonchev–Trinajstić information content (AvgIpc) is 3.12. The zero-order valence-electron chi connectivity index (χ0n) is 15.3. The molecule has 3 rings (SSSR count). The molecule has 0 bridgehead atoms. The number of benzene rings is 1. The number of likely N-dealkylation sites (tertiary alicyclic amines) is 1. The third kappa shape index (κ3) is 4.09. The molecule has 0 spiro atoms. The summed E-state index contributed by atoms with van der Waals surface area (Å²) in [6, 6.07) is 8.04. The van der Waals surface area contributed by atoms with Gasteiger partial charge >= 0.3 is 0 Å². The Morgan fingerprint density at radius 1 is 1.08 bits per heavy atom. The summed E-state index contributed by atoms with van der Waals surface area (Å²) in [5.41, 5.74) is 3.66. The first-order valence-corrected chi connectivity index (χ1v) is 9.80. The molecule has 1 aromatic carbocycles. The fraction of sp³-hybridized carbons (Fsp3) is 0.650. The SMILES string of the molecule is Cc1ccc(C)c(NC(=S)N2CCC(N(C)C3CCCC3)CC2)c1. The highest BCUT2D eigenvalue weighted by Crippen LogP contribution is 2.27. The number of thiocarbonyl (C=S) groups is 1. The number of nitrogens with zero attached hydrogens (tertiary/aromatic N) is 2. The maximum atomic E-state index is 5.67. The molecule has 0 unspecified atom stereocenters. The van der Waals surface area contributed by atoms with Crippen molar-refractivity contribution >= 4 is 23.0 Å². The van der Waals surface area contributed by atoms with E-state index in [0.717, 1.165) is 36.0 Å². The molecule has 2 fully saturated rings. The first-order valence-electron chi connectivity index (χ1n) is 9.39. The minimum absolute atomic E-state index is 0.729. The fourth-order valence-electron chi connectivity index (χ4n) is 4.15. The van der Waals surface area contributed by atoms with Crippen LogP contribution in [0.5, 0.6) is 0 Å². The molecule has 0 amide bonds. The predicted octanol–water partition coefficient (Wildman–Crippen LogP) is 4.34. The van der Waals surface area contributed by atoms with Crippen LogP contribution in [0.2, 0.25) is 0 Å². The number of hydrogen-bond acceptors (Lipinski definition) is 2. The van der Waals surface area contributed by atoms with E-state index in [2.05, 4.69) is 54.2 Å². The van der Waals surface area contributed by atoms with Gasteiger partial charge in [-0.05, 0) is 76.0 Å². The highest BCUT2D eigenvalue weighted by atomic mass is 32.1. The summed E-state index contributed by atoms with van der Waals surface area (Å²) >= 11 is 5.67. The number of nitrogens with one attached hydrogen (secondary N) is 1. The summed E-state index contributed by atoms with van der Waals surface area (Å²) in [7, 11) is 2.34. The van der Waals surface area contributed by atoms with Crippen LogP contribution < -0.4 is 5.32 Å². The minimum atomic E-state index is 0.729. The second kappa shape index (κ2) is 7.83. The molecule has 0 radical (unpaired) electrons. The van der Waals surface area contributed by atoms with Crippen molar-refractivity contribution in [3.05, 3.63) is 29.3 Å². The van der Waals surface area contributed by atoms with Crippen molar-refractivity contribution in [1.82, 2.24) is 9.80 Å². The second-order valence-electron chi connectivity index (χ2n) is 7.57. The predicted molar refractivity (Wildman–Crippen MR) is 107 cm³/mol. The zero-order chi connectivity index (χ0) is 17.1. The summed E-state index contributed by atoms with van der Waals surface area (Å²) in [6.45, 7) is 6.39. The van der Waals surface area contributed by atoms with Gasteiger partial charge in [-0.3, -0.25) is 0 Å². The van der Waals surface area contributed by atoms with Gasteiger partial charge in [0.05, 0.1) is 0 Å². The normalized spacial score (nSPS) is 19.9. The van der Waals surface area contributed by atoms with E-state index in [4.69, 9.17) is 12.2 Å². The van der Waals surface area contributed by atoms with Gasteiger partial charge in [-0.25, -0.2) is 0 Å². The van der Waals surface area contributed by atoms with Crippen LogP contribution >= 0.6 is 12.2 Å². The van der Waals surface area contributed by atoms with Gasteiger partial charge in [-0.15, -0.1) is 0 Å². The Morgan fingerprint density at radius 2 is 1.71 bits per heavy atom. The van der Waals surface area contributed by atoms with Crippen molar-refractivity contribution in [1.29, 1.82) is 0 Å². The minimum Gasteiger partial charge on any atom is -0.349 e. The van der Waals surface area contributed by atoms with Crippen LogP contribution in [0.1, 0.15) is 49.7 Å². The van der Waals surface area contributed by atoms with Crippen molar-refractivity contribution in [3.8, 4) is 0 Å². The van der Waals surface area contributed by atoms with Crippen LogP contribution in [0.15, 0.2) is 18.2 Å². The van der Waals surface area contributed by atoms with E-state index in [0.29, 0.717) is 0 Å². The van der Waals surface area contributed by atoms with Gasteiger partial charge in [0, 0.05) is 30.9 Å². The van der Waals surface area contributed by atoms with E-state index in [1.807, 2.05) is 0 Å². The number of piperidine rings is 1. The molecule has 0 aromatic heterocycles. The Bertz CT molecular complexity index is 572. The van der Waals surface area contributed by atoms with Crippen molar-refractivity contribution in [2.24, 2.45) is 0 Å². The molecule has 0 atom stereocenters. The monoisotopic (exact) mass is 345 g/mol. The molecule has 1 heterocycles. The van der Waals surface area contributed by atoms with Crippen LogP contribution in [-0.4, -0.2) is 47.1 Å². The molecule has 4 heteroatoms. The van der Waals surface area contributed by atoms with Crippen LogP contribution in [0.3, 0.4) is 0 Å². The Kier molecular flexibility index (Phi) is 5.77. The zero-order valence-corrected chi connectivity index (χ0v) is 16.2. The summed E-state index contributed by atoms with van der Waals surface area (Å²) < 4.78 is 0. The molecule has 1 aliphatic carbocycles. The lowest BCUT2D eigenvalue weighted by molar-refractivity contribution is 0.122. The van der Waals surface area contributed by atoms with E-state index >= 15 is 0 Å². The van der Waals surface area contributed by atoms with Crippen molar-refractivity contribution in [3.63, 3.8) is 0 Å². The van der Waals surface area contributed by atoms with Crippen molar-refractivity contribution < 1.29 is 0 Å². The lowest BCUT2D eigenvalue weighted by Gasteiger charge is -2.40. The molecule has 1 saturated carbocycles. The Balaban J connectivity index is 1.52. The lowest BCUT2D eigenvalue weighted by Crippen LogP contribution is -2.48. The van der Waals surface area contributed by atoms with Gasteiger partial charge in [0.1, 0.15) is 0 Å². The van der Waals surface area contributed by atoms with Gasteiger partial charge in [0.15, 0.2) is 5.11 Å². The molecule has 132 valence electrons. The maximum absolute atomic E-state index is 5.67. The summed E-state index contributed by atoms with van der Waals surface area (Å²) in [4.78, 5) is 5.00. The van der Waals surface area contributed by atoms with Crippen molar-refractivity contribution in [2.75, 3.05) is 25.5 Å². The van der Waals surface area contributed by atoms with Crippen LogP contribution in [0.25, 0.3) is 0 Å². The Hall–Kier alpha value is -1.13. The van der Waals surface area contributed by atoms with Crippen LogP contribution in [0.4, 0.5) is 5.69 Å². The van der Waals surface area contributed by atoms with E-state index < -0.39 is 0 Å². The molecule has 1 aliphatic heterocycles.